The molecule has 1 aromatic heterocycles. The number of anilines is 1. The molecular weight excluding hydrogens is 310 g/mol. The fraction of sp³-hybridized carbons (Fsp3) is 0.125. The number of halogens is 4. The van der Waals surface area contributed by atoms with E-state index in [1.807, 2.05) is 30.3 Å². The molecule has 3 aromatic rings. The van der Waals surface area contributed by atoms with Crippen LogP contribution in [0.3, 0.4) is 0 Å². The highest BCUT2D eigenvalue weighted by Gasteiger charge is 2.35. The van der Waals surface area contributed by atoms with E-state index in [2.05, 4.69) is 15.3 Å². The number of fused-ring (bicyclic) bond motifs is 1. The first kappa shape index (κ1) is 15.2. The van der Waals surface area contributed by atoms with Crippen molar-refractivity contribution in [3.63, 3.8) is 0 Å². The normalized spacial score (nSPS) is 11.7. The third-order valence-corrected chi connectivity index (χ3v) is 3.23. The van der Waals surface area contributed by atoms with Gasteiger partial charge in [-0.25, -0.2) is 14.4 Å². The number of aromatic nitrogens is 2. The van der Waals surface area contributed by atoms with Crippen molar-refractivity contribution in [1.29, 1.82) is 0 Å². The topological polar surface area (TPSA) is 37.8 Å². The lowest BCUT2D eigenvalue weighted by molar-refractivity contribution is -0.144. The van der Waals surface area contributed by atoms with Crippen LogP contribution in [0.15, 0.2) is 48.5 Å². The molecule has 2 aromatic carbocycles. The van der Waals surface area contributed by atoms with Crippen LogP contribution in [0, 0.1) is 5.82 Å². The molecule has 23 heavy (non-hydrogen) atoms. The van der Waals surface area contributed by atoms with Gasteiger partial charge in [0.15, 0.2) is 0 Å². The van der Waals surface area contributed by atoms with Crippen molar-refractivity contribution >= 4 is 16.7 Å². The van der Waals surface area contributed by atoms with Crippen LogP contribution >= 0.6 is 0 Å². The number of alkyl halides is 3. The maximum atomic E-state index is 13.8. The standard InChI is InChI=1S/C16H11F4N3/c17-12-8-4-7-11-13(12)22-15(16(18,19)20)23-14(11)21-9-10-5-2-1-3-6-10/h1-8H,9H2,(H,21,22,23). The van der Waals surface area contributed by atoms with Gasteiger partial charge < -0.3 is 5.32 Å². The van der Waals surface area contributed by atoms with Gasteiger partial charge in [-0.15, -0.1) is 0 Å². The highest BCUT2D eigenvalue weighted by molar-refractivity contribution is 5.89. The summed E-state index contributed by atoms with van der Waals surface area (Å²) in [5.74, 6) is -2.24. The molecule has 0 bridgehead atoms. The fourth-order valence-electron chi connectivity index (χ4n) is 2.16. The number of nitrogens with one attached hydrogen (secondary N) is 1. The Hall–Kier alpha value is -2.70. The van der Waals surface area contributed by atoms with Gasteiger partial charge in [0.1, 0.15) is 17.2 Å². The Morgan fingerprint density at radius 3 is 2.35 bits per heavy atom. The molecule has 1 heterocycles. The van der Waals surface area contributed by atoms with Crippen molar-refractivity contribution in [3.8, 4) is 0 Å². The average Bonchev–Trinajstić information content (AvgIpc) is 2.53. The molecular formula is C16H11F4N3. The second-order valence-corrected chi connectivity index (χ2v) is 4.87. The minimum atomic E-state index is -4.75. The summed E-state index contributed by atoms with van der Waals surface area (Å²) < 4.78 is 52.6. The van der Waals surface area contributed by atoms with E-state index < -0.39 is 17.8 Å². The van der Waals surface area contributed by atoms with Gasteiger partial charge in [0.25, 0.3) is 0 Å². The Morgan fingerprint density at radius 1 is 0.913 bits per heavy atom. The zero-order valence-electron chi connectivity index (χ0n) is 11.7. The lowest BCUT2D eigenvalue weighted by atomic mass is 10.2. The predicted molar refractivity (Wildman–Crippen MR) is 78.3 cm³/mol. The van der Waals surface area contributed by atoms with E-state index in [-0.39, 0.29) is 23.3 Å². The molecule has 0 aliphatic carbocycles. The molecule has 3 nitrogen and oxygen atoms in total. The van der Waals surface area contributed by atoms with E-state index in [9.17, 15) is 17.6 Å². The van der Waals surface area contributed by atoms with Gasteiger partial charge >= 0.3 is 6.18 Å². The zero-order valence-corrected chi connectivity index (χ0v) is 11.7. The average molecular weight is 321 g/mol. The first-order valence-electron chi connectivity index (χ1n) is 6.76. The number of nitrogens with zero attached hydrogens (tertiary/aromatic N) is 2. The lowest BCUT2D eigenvalue weighted by Gasteiger charge is -2.12. The van der Waals surface area contributed by atoms with Crippen LogP contribution in [-0.2, 0) is 12.7 Å². The molecule has 0 atom stereocenters. The van der Waals surface area contributed by atoms with Crippen molar-refractivity contribution in [2.45, 2.75) is 12.7 Å². The van der Waals surface area contributed by atoms with E-state index in [1.165, 1.54) is 12.1 Å². The number of hydrogen-bond acceptors (Lipinski definition) is 3. The maximum Gasteiger partial charge on any atom is 0.451 e. The molecule has 0 saturated heterocycles. The van der Waals surface area contributed by atoms with E-state index in [0.29, 0.717) is 0 Å². The van der Waals surface area contributed by atoms with Crippen LogP contribution in [0.25, 0.3) is 10.9 Å². The molecule has 118 valence electrons. The van der Waals surface area contributed by atoms with Gasteiger partial charge in [0.05, 0.1) is 0 Å². The van der Waals surface area contributed by atoms with E-state index in [4.69, 9.17) is 0 Å². The molecule has 7 heteroatoms. The highest BCUT2D eigenvalue weighted by atomic mass is 19.4. The Balaban J connectivity index is 2.05. The van der Waals surface area contributed by atoms with Crippen molar-refractivity contribution in [2.24, 2.45) is 0 Å². The Labute approximate surface area is 129 Å². The van der Waals surface area contributed by atoms with Crippen molar-refractivity contribution in [3.05, 3.63) is 65.7 Å². The Bertz CT molecular complexity index is 832. The first-order valence-corrected chi connectivity index (χ1v) is 6.76. The van der Waals surface area contributed by atoms with E-state index in [0.717, 1.165) is 11.6 Å². The molecule has 0 unspecified atom stereocenters. The second kappa shape index (κ2) is 5.83. The van der Waals surface area contributed by atoms with Gasteiger partial charge in [0.2, 0.25) is 5.82 Å². The minimum absolute atomic E-state index is 0.0503. The van der Waals surface area contributed by atoms with Gasteiger partial charge in [-0.1, -0.05) is 36.4 Å². The number of hydrogen-bond donors (Lipinski definition) is 1. The fourth-order valence-corrected chi connectivity index (χ4v) is 2.16. The lowest BCUT2D eigenvalue weighted by Crippen LogP contribution is -2.14. The molecule has 1 N–H and O–H groups in total. The molecule has 0 aliphatic rings. The van der Waals surface area contributed by atoms with Crippen molar-refractivity contribution < 1.29 is 17.6 Å². The van der Waals surface area contributed by atoms with Crippen LogP contribution in [0.2, 0.25) is 0 Å². The quantitative estimate of drug-likeness (QED) is 0.727. The number of benzene rings is 2. The number of para-hydroxylation sites is 1. The summed E-state index contributed by atoms with van der Waals surface area (Å²) in [6.45, 7) is 0.265. The summed E-state index contributed by atoms with van der Waals surface area (Å²) in [7, 11) is 0. The van der Waals surface area contributed by atoms with Crippen LogP contribution in [0.1, 0.15) is 11.4 Å². The number of rotatable bonds is 3. The molecule has 0 spiro atoms. The van der Waals surface area contributed by atoms with Crippen LogP contribution in [0.4, 0.5) is 23.4 Å². The van der Waals surface area contributed by atoms with Crippen LogP contribution < -0.4 is 5.32 Å². The SMILES string of the molecule is Fc1cccc2c(NCc3ccccc3)nc(C(F)(F)F)nc12. The zero-order chi connectivity index (χ0) is 16.4. The highest BCUT2D eigenvalue weighted by Crippen LogP contribution is 2.31. The second-order valence-electron chi connectivity index (χ2n) is 4.87. The van der Waals surface area contributed by atoms with E-state index in [1.54, 1.807) is 0 Å². The summed E-state index contributed by atoms with van der Waals surface area (Å²) in [5.41, 5.74) is 0.509. The molecule has 0 amide bonds. The summed E-state index contributed by atoms with van der Waals surface area (Å²) in [4.78, 5) is 6.83. The third-order valence-electron chi connectivity index (χ3n) is 3.23. The monoisotopic (exact) mass is 321 g/mol. The minimum Gasteiger partial charge on any atom is -0.365 e. The van der Waals surface area contributed by atoms with E-state index >= 15 is 0 Å². The maximum absolute atomic E-state index is 13.8. The van der Waals surface area contributed by atoms with Crippen LogP contribution in [0.5, 0.6) is 0 Å². The van der Waals surface area contributed by atoms with Gasteiger partial charge in [-0.05, 0) is 17.7 Å². The summed E-state index contributed by atoms with van der Waals surface area (Å²) >= 11 is 0. The predicted octanol–water partition coefficient (Wildman–Crippen LogP) is 4.40. The van der Waals surface area contributed by atoms with Crippen molar-refractivity contribution in [2.75, 3.05) is 5.32 Å². The molecule has 0 aliphatic heterocycles. The summed E-state index contributed by atoms with van der Waals surface area (Å²) in [6.07, 6.45) is -4.75. The Morgan fingerprint density at radius 2 is 1.65 bits per heavy atom. The smallest absolute Gasteiger partial charge is 0.365 e. The molecule has 0 radical (unpaired) electrons. The molecule has 3 rings (SSSR count). The van der Waals surface area contributed by atoms with Crippen LogP contribution in [-0.4, -0.2) is 9.97 Å². The summed E-state index contributed by atoms with van der Waals surface area (Å²) in [5, 5.41) is 3.03. The first-order chi connectivity index (χ1) is 10.9. The molecule has 0 fully saturated rings. The van der Waals surface area contributed by atoms with Gasteiger partial charge in [0, 0.05) is 11.9 Å². The largest absolute Gasteiger partial charge is 0.451 e. The van der Waals surface area contributed by atoms with Crippen molar-refractivity contribution in [1.82, 2.24) is 9.97 Å². The molecule has 0 saturated carbocycles. The van der Waals surface area contributed by atoms with Gasteiger partial charge in [-0.2, -0.15) is 13.2 Å². The third kappa shape index (κ3) is 3.23. The Kier molecular flexibility index (Phi) is 3.85. The van der Waals surface area contributed by atoms with Gasteiger partial charge in [-0.3, -0.25) is 0 Å². The summed E-state index contributed by atoms with van der Waals surface area (Å²) in [6, 6.07) is 13.1.